The van der Waals surface area contributed by atoms with Crippen LogP contribution in [0.15, 0.2) is 48.8 Å². The van der Waals surface area contributed by atoms with Crippen molar-refractivity contribution in [1.82, 2.24) is 9.97 Å². The van der Waals surface area contributed by atoms with Gasteiger partial charge in [0, 0.05) is 51.4 Å². The fourth-order valence-electron chi connectivity index (χ4n) is 3.22. The van der Waals surface area contributed by atoms with Crippen molar-refractivity contribution in [2.45, 2.75) is 38.5 Å². The number of aromatic nitrogens is 2. The van der Waals surface area contributed by atoms with E-state index in [9.17, 15) is 4.39 Å². The Balaban J connectivity index is 1.73. The number of halogens is 3. The zero-order valence-corrected chi connectivity index (χ0v) is 18.7. The molecule has 4 N–H and O–H groups in total. The summed E-state index contributed by atoms with van der Waals surface area (Å²) in [5.41, 5.74) is 14.6. The zero-order valence-electron chi connectivity index (χ0n) is 17.2. The molecule has 0 fully saturated rings. The molecule has 0 spiro atoms. The van der Waals surface area contributed by atoms with Crippen LogP contribution in [0, 0.1) is 0 Å². The van der Waals surface area contributed by atoms with Gasteiger partial charge in [0.05, 0.1) is 0 Å². The topological polar surface area (TPSA) is 87.0 Å². The van der Waals surface area contributed by atoms with Crippen molar-refractivity contribution in [3.63, 3.8) is 0 Å². The summed E-state index contributed by atoms with van der Waals surface area (Å²) in [6, 6.07) is 11.0. The monoisotopic (exact) mass is 462 g/mol. The zero-order chi connectivity index (χ0) is 22.4. The molecule has 3 aromatic rings. The molecule has 0 saturated heterocycles. The quantitative estimate of drug-likeness (QED) is 0.419. The number of alkyl halides is 1. The fourth-order valence-corrected chi connectivity index (χ4v) is 3.93. The van der Waals surface area contributed by atoms with Gasteiger partial charge in [-0.05, 0) is 50.5 Å². The number of nitrogen functional groups attached to an aromatic ring is 1. The van der Waals surface area contributed by atoms with E-state index in [2.05, 4.69) is 9.97 Å². The van der Waals surface area contributed by atoms with Crippen LogP contribution in [-0.4, -0.2) is 22.7 Å². The van der Waals surface area contributed by atoms with E-state index in [1.807, 2.05) is 25.1 Å². The number of ether oxygens (including phenoxy) is 1. The Bertz CT molecular complexity index is 997. The van der Waals surface area contributed by atoms with Gasteiger partial charge >= 0.3 is 0 Å². The van der Waals surface area contributed by atoms with Gasteiger partial charge in [0.2, 0.25) is 0 Å². The van der Waals surface area contributed by atoms with E-state index in [1.165, 1.54) is 0 Å². The Kier molecular flexibility index (Phi) is 8.07. The van der Waals surface area contributed by atoms with Gasteiger partial charge in [0.1, 0.15) is 12.3 Å². The maximum absolute atomic E-state index is 13.2. The molecular formula is C23H25Cl2FN4O. The fraction of sp³-hybridized carbons (Fsp3) is 0.304. The highest BCUT2D eigenvalue weighted by Gasteiger charge is 2.17. The second-order valence-corrected chi connectivity index (χ2v) is 8.08. The number of rotatable bonds is 9. The van der Waals surface area contributed by atoms with Gasteiger partial charge in [-0.3, -0.25) is 4.98 Å². The SMILES string of the molecule is CC(Oc1cc(-c2ccc(CCC[C@H](F)CN)nc2)cnc1N)c1c(Cl)cccc1Cl. The molecule has 3 rings (SSSR count). The molecule has 1 unspecified atom stereocenters. The predicted molar refractivity (Wildman–Crippen MR) is 124 cm³/mol. The number of nitrogens with zero attached hydrogens (tertiary/aromatic N) is 2. The van der Waals surface area contributed by atoms with Crippen LogP contribution in [-0.2, 0) is 6.42 Å². The molecule has 0 bridgehead atoms. The summed E-state index contributed by atoms with van der Waals surface area (Å²) < 4.78 is 19.3. The van der Waals surface area contributed by atoms with Gasteiger partial charge in [-0.2, -0.15) is 0 Å². The van der Waals surface area contributed by atoms with Gasteiger partial charge in [0.15, 0.2) is 11.6 Å². The molecule has 8 heteroatoms. The minimum absolute atomic E-state index is 0.0577. The van der Waals surface area contributed by atoms with Crippen LogP contribution in [0.5, 0.6) is 5.75 Å². The van der Waals surface area contributed by atoms with Gasteiger partial charge in [-0.25, -0.2) is 9.37 Å². The largest absolute Gasteiger partial charge is 0.482 e. The highest BCUT2D eigenvalue weighted by molar-refractivity contribution is 6.36. The maximum Gasteiger partial charge on any atom is 0.166 e. The molecule has 0 aliphatic heterocycles. The molecule has 0 aliphatic rings. The number of hydrogen-bond donors (Lipinski definition) is 2. The molecule has 164 valence electrons. The average molecular weight is 463 g/mol. The Hall–Kier alpha value is -2.41. The minimum atomic E-state index is -0.957. The van der Waals surface area contributed by atoms with E-state index in [0.717, 1.165) is 16.8 Å². The van der Waals surface area contributed by atoms with Crippen molar-refractivity contribution in [1.29, 1.82) is 0 Å². The smallest absolute Gasteiger partial charge is 0.166 e. The van der Waals surface area contributed by atoms with E-state index in [-0.39, 0.29) is 12.4 Å². The second-order valence-electron chi connectivity index (χ2n) is 7.27. The first-order chi connectivity index (χ1) is 14.9. The third kappa shape index (κ3) is 6.06. The standard InChI is InChI=1S/C23H25Cl2FN4O/c1-14(22-19(24)6-3-7-20(22)25)31-21-10-16(13-30-23(21)28)15-8-9-18(29-12-15)5-2-4-17(26)11-27/h3,6-10,12-14,17H,2,4-5,11,27H2,1H3,(H2,28,30)/t14?,17-/m0/s1. The molecule has 0 saturated carbocycles. The van der Waals surface area contributed by atoms with E-state index < -0.39 is 12.3 Å². The first-order valence-electron chi connectivity index (χ1n) is 10.0. The summed E-state index contributed by atoms with van der Waals surface area (Å²) in [7, 11) is 0. The Morgan fingerprint density at radius 3 is 2.42 bits per heavy atom. The van der Waals surface area contributed by atoms with Crippen LogP contribution in [0.3, 0.4) is 0 Å². The van der Waals surface area contributed by atoms with Crippen molar-refractivity contribution < 1.29 is 9.13 Å². The Morgan fingerprint density at radius 2 is 1.77 bits per heavy atom. The van der Waals surface area contributed by atoms with Crippen molar-refractivity contribution in [2.75, 3.05) is 12.3 Å². The highest BCUT2D eigenvalue weighted by Crippen LogP contribution is 2.35. The normalized spacial score (nSPS) is 13.1. The van der Waals surface area contributed by atoms with E-state index >= 15 is 0 Å². The second kappa shape index (κ2) is 10.8. The molecule has 0 aliphatic carbocycles. The number of hydrogen-bond acceptors (Lipinski definition) is 5. The molecule has 2 atom stereocenters. The summed E-state index contributed by atoms with van der Waals surface area (Å²) in [5.74, 6) is 0.699. The van der Waals surface area contributed by atoms with Crippen molar-refractivity contribution in [2.24, 2.45) is 5.73 Å². The van der Waals surface area contributed by atoms with Gasteiger partial charge < -0.3 is 16.2 Å². The number of nitrogens with two attached hydrogens (primary N) is 2. The van der Waals surface area contributed by atoms with Crippen molar-refractivity contribution in [3.8, 4) is 16.9 Å². The van der Waals surface area contributed by atoms with Crippen molar-refractivity contribution in [3.05, 3.63) is 70.1 Å². The number of pyridine rings is 2. The van der Waals surface area contributed by atoms with Gasteiger partial charge in [-0.15, -0.1) is 0 Å². The van der Waals surface area contributed by atoms with Crippen LogP contribution in [0.1, 0.15) is 37.1 Å². The summed E-state index contributed by atoms with van der Waals surface area (Å²) in [5, 5.41) is 1.04. The minimum Gasteiger partial charge on any atom is -0.482 e. The van der Waals surface area contributed by atoms with Crippen LogP contribution >= 0.6 is 23.2 Å². The predicted octanol–water partition coefficient (Wildman–Crippen LogP) is 5.79. The Labute approximate surface area is 191 Å². The Morgan fingerprint density at radius 1 is 1.06 bits per heavy atom. The first-order valence-corrected chi connectivity index (χ1v) is 10.8. The van der Waals surface area contributed by atoms with E-state index in [4.69, 9.17) is 39.4 Å². The molecule has 31 heavy (non-hydrogen) atoms. The lowest BCUT2D eigenvalue weighted by Gasteiger charge is -2.19. The van der Waals surface area contributed by atoms with Crippen LogP contribution in [0.2, 0.25) is 10.0 Å². The number of anilines is 1. The molecule has 5 nitrogen and oxygen atoms in total. The molecular weight excluding hydrogens is 438 g/mol. The summed E-state index contributed by atoms with van der Waals surface area (Å²) in [6.45, 7) is 1.91. The van der Waals surface area contributed by atoms with E-state index in [0.29, 0.717) is 40.6 Å². The lowest BCUT2D eigenvalue weighted by Crippen LogP contribution is -2.15. The third-order valence-corrected chi connectivity index (χ3v) is 5.62. The molecule has 0 amide bonds. The number of aryl methyl sites for hydroxylation is 1. The van der Waals surface area contributed by atoms with Crippen LogP contribution < -0.4 is 16.2 Å². The molecule has 1 aromatic carbocycles. The average Bonchev–Trinajstić information content (AvgIpc) is 2.75. The summed E-state index contributed by atoms with van der Waals surface area (Å²) in [4.78, 5) is 8.73. The van der Waals surface area contributed by atoms with Gasteiger partial charge in [-0.1, -0.05) is 35.3 Å². The number of benzene rings is 1. The summed E-state index contributed by atoms with van der Waals surface area (Å²) in [6.07, 6.45) is 3.89. The summed E-state index contributed by atoms with van der Waals surface area (Å²) >= 11 is 12.6. The molecule has 0 radical (unpaired) electrons. The lowest BCUT2D eigenvalue weighted by atomic mass is 10.1. The maximum atomic E-state index is 13.2. The van der Waals surface area contributed by atoms with Crippen molar-refractivity contribution >= 4 is 29.0 Å². The van der Waals surface area contributed by atoms with E-state index in [1.54, 1.807) is 30.6 Å². The molecule has 2 aromatic heterocycles. The van der Waals surface area contributed by atoms with Crippen LogP contribution in [0.4, 0.5) is 10.2 Å². The highest BCUT2D eigenvalue weighted by atomic mass is 35.5. The third-order valence-electron chi connectivity index (χ3n) is 4.96. The van der Waals surface area contributed by atoms with Gasteiger partial charge in [0.25, 0.3) is 0 Å². The van der Waals surface area contributed by atoms with Crippen LogP contribution in [0.25, 0.3) is 11.1 Å². The first kappa shape index (κ1) is 23.3. The molecule has 2 heterocycles. The lowest BCUT2D eigenvalue weighted by molar-refractivity contribution is 0.228.